The van der Waals surface area contributed by atoms with Gasteiger partial charge in [0, 0.05) is 79.2 Å². The van der Waals surface area contributed by atoms with Crippen LogP contribution in [0.25, 0.3) is 32.8 Å². The van der Waals surface area contributed by atoms with Gasteiger partial charge < -0.3 is 24.8 Å². The van der Waals surface area contributed by atoms with Crippen LogP contribution in [-0.4, -0.2) is 84.1 Å². The fourth-order valence-corrected chi connectivity index (χ4v) is 7.71. The second-order valence-corrected chi connectivity index (χ2v) is 13.8. The number of ether oxygens (including phenoxy) is 2. The van der Waals surface area contributed by atoms with E-state index in [4.69, 9.17) is 25.9 Å². The maximum atomic E-state index is 16.8. The van der Waals surface area contributed by atoms with E-state index in [0.717, 1.165) is 63.8 Å². The first kappa shape index (κ1) is 28.5. The first-order valence-electron chi connectivity index (χ1n) is 15.9. The van der Waals surface area contributed by atoms with E-state index in [1.165, 1.54) is 0 Å². The van der Waals surface area contributed by atoms with Gasteiger partial charge in [0.05, 0.1) is 12.2 Å². The fourth-order valence-electron chi connectivity index (χ4n) is 7.71. The first-order chi connectivity index (χ1) is 21.7. The number of aromatic hydroxyl groups is 1. The Morgan fingerprint density at radius 1 is 1.09 bits per heavy atom. The number of hydrogen-bond donors (Lipinski definition) is 2. The summed E-state index contributed by atoms with van der Waals surface area (Å²) in [4.78, 5) is 14.3. The van der Waals surface area contributed by atoms with Crippen molar-refractivity contribution in [2.24, 2.45) is 5.41 Å². The molecule has 1 saturated carbocycles. The van der Waals surface area contributed by atoms with E-state index in [1.807, 2.05) is 24.3 Å². The highest BCUT2D eigenvalue weighted by molar-refractivity contribution is 6.04. The van der Waals surface area contributed by atoms with Gasteiger partial charge in [0.25, 0.3) is 0 Å². The summed E-state index contributed by atoms with van der Waals surface area (Å²) in [7, 11) is 1.77. The topological polar surface area (TPSA) is 83.0 Å². The number of terminal acetylenes is 1. The minimum atomic E-state index is -0.488. The third kappa shape index (κ3) is 5.05. The van der Waals surface area contributed by atoms with Gasteiger partial charge in [-0.2, -0.15) is 9.97 Å². The number of likely N-dealkylation sites (tertiary alicyclic amines) is 1. The zero-order valence-corrected chi connectivity index (χ0v) is 25.8. The second kappa shape index (κ2) is 10.5. The quantitative estimate of drug-likeness (QED) is 0.268. The summed E-state index contributed by atoms with van der Waals surface area (Å²) in [6.45, 7) is 6.97. The van der Waals surface area contributed by atoms with Crippen LogP contribution in [0.3, 0.4) is 0 Å². The summed E-state index contributed by atoms with van der Waals surface area (Å²) in [6.07, 6.45) is 10.3. The lowest BCUT2D eigenvalue weighted by Crippen LogP contribution is -2.62. The molecular formula is C36H38FN5O3. The lowest BCUT2D eigenvalue weighted by atomic mass is 9.93. The van der Waals surface area contributed by atoms with Crippen LogP contribution in [0.4, 0.5) is 10.2 Å². The van der Waals surface area contributed by atoms with Crippen molar-refractivity contribution in [3.63, 3.8) is 0 Å². The maximum Gasteiger partial charge on any atom is 0.319 e. The molecule has 2 unspecified atom stereocenters. The molecule has 2 atom stereocenters. The molecule has 0 amide bonds. The van der Waals surface area contributed by atoms with Crippen molar-refractivity contribution in [1.82, 2.24) is 20.2 Å². The molecule has 4 aliphatic rings. The van der Waals surface area contributed by atoms with Crippen LogP contribution in [0.15, 0.2) is 42.5 Å². The van der Waals surface area contributed by atoms with Crippen LogP contribution >= 0.6 is 0 Å². The summed E-state index contributed by atoms with van der Waals surface area (Å²) >= 11 is 0. The molecule has 2 N–H and O–H groups in total. The van der Waals surface area contributed by atoms with Gasteiger partial charge in [-0.15, -0.1) is 6.42 Å². The Kier molecular flexibility index (Phi) is 6.68. The van der Waals surface area contributed by atoms with Crippen molar-refractivity contribution < 1.29 is 19.0 Å². The van der Waals surface area contributed by atoms with Gasteiger partial charge in [0.15, 0.2) is 5.82 Å². The van der Waals surface area contributed by atoms with Gasteiger partial charge in [0.2, 0.25) is 0 Å². The molecule has 1 aromatic heterocycles. The summed E-state index contributed by atoms with van der Waals surface area (Å²) in [5, 5.41) is 16.4. The zero-order valence-electron chi connectivity index (χ0n) is 25.8. The molecule has 232 valence electrons. The van der Waals surface area contributed by atoms with Gasteiger partial charge in [-0.25, -0.2) is 4.39 Å². The standard InChI is InChI=1S/C36H38FN5O3/c1-4-22-6-5-7-23-14-26(43)15-29(30(22)23)27-10-11-28-32(31(27)37)39-34(40-33(28)42-16-24-8-9-25(17-42)38-24)45-21-36(12-13-36)20-41-18-35(2,19-41)44-3/h1,5-7,10-11,14-15,24-25,38,43H,8-9,12-13,16-21H2,2-3H3. The van der Waals surface area contributed by atoms with Gasteiger partial charge in [0.1, 0.15) is 17.1 Å². The van der Waals surface area contributed by atoms with Gasteiger partial charge in [-0.3, -0.25) is 4.90 Å². The average Bonchev–Trinajstić information content (AvgIpc) is 3.72. The third-order valence-electron chi connectivity index (χ3n) is 10.3. The monoisotopic (exact) mass is 607 g/mol. The molecule has 8 nitrogen and oxygen atoms in total. The Labute approximate surface area is 262 Å². The molecule has 2 bridgehead atoms. The van der Waals surface area contributed by atoms with Crippen LogP contribution in [0.2, 0.25) is 0 Å². The summed E-state index contributed by atoms with van der Waals surface area (Å²) in [5.74, 6) is 2.98. The van der Waals surface area contributed by atoms with E-state index >= 15 is 4.39 Å². The molecule has 8 rings (SSSR count). The highest BCUT2D eigenvalue weighted by Crippen LogP contribution is 2.48. The van der Waals surface area contributed by atoms with Gasteiger partial charge in [-0.1, -0.05) is 24.1 Å². The van der Waals surface area contributed by atoms with Crippen LogP contribution in [0, 0.1) is 23.6 Å². The normalized spacial score (nSPS) is 23.2. The number of nitrogens with zero attached hydrogens (tertiary/aromatic N) is 4. The number of phenolic OH excluding ortho intramolecular Hbond substituents is 1. The number of rotatable bonds is 8. The smallest absolute Gasteiger partial charge is 0.319 e. The molecule has 1 aliphatic carbocycles. The minimum absolute atomic E-state index is 0.0395. The Morgan fingerprint density at radius 3 is 2.58 bits per heavy atom. The molecule has 45 heavy (non-hydrogen) atoms. The molecule has 3 aliphatic heterocycles. The molecule has 0 spiro atoms. The zero-order chi connectivity index (χ0) is 30.9. The minimum Gasteiger partial charge on any atom is -0.508 e. The maximum absolute atomic E-state index is 16.8. The van der Waals surface area contributed by atoms with Crippen molar-refractivity contribution in [2.45, 2.75) is 50.3 Å². The van der Waals surface area contributed by atoms with E-state index in [0.29, 0.717) is 52.0 Å². The van der Waals surface area contributed by atoms with Gasteiger partial charge in [-0.05, 0) is 67.8 Å². The van der Waals surface area contributed by atoms with Crippen LogP contribution in [0.1, 0.15) is 38.2 Å². The molecule has 3 saturated heterocycles. The van der Waals surface area contributed by atoms with E-state index in [2.05, 4.69) is 28.0 Å². The summed E-state index contributed by atoms with van der Waals surface area (Å²) < 4.78 is 28.8. The number of halogens is 1. The molecule has 4 heterocycles. The number of hydrogen-bond acceptors (Lipinski definition) is 8. The SMILES string of the molecule is C#Cc1cccc2cc(O)cc(-c3ccc4c(N5CC6CCC(C5)N6)nc(OCC5(CN6CC(C)(OC)C6)CC5)nc4c3F)c12. The van der Waals surface area contributed by atoms with Crippen LogP contribution < -0.4 is 15.0 Å². The molecule has 0 radical (unpaired) electrons. The molecule has 3 aromatic carbocycles. The number of anilines is 1. The van der Waals surface area contributed by atoms with Crippen molar-refractivity contribution in [3.8, 4) is 35.2 Å². The fraction of sp³-hybridized carbons (Fsp3) is 0.444. The third-order valence-corrected chi connectivity index (χ3v) is 10.3. The first-order valence-corrected chi connectivity index (χ1v) is 15.9. The molecule has 4 fully saturated rings. The molecule has 4 aromatic rings. The second-order valence-electron chi connectivity index (χ2n) is 13.8. The Morgan fingerprint density at radius 2 is 1.87 bits per heavy atom. The van der Waals surface area contributed by atoms with Crippen molar-refractivity contribution in [2.75, 3.05) is 51.3 Å². The average molecular weight is 608 g/mol. The number of nitrogens with one attached hydrogen (secondary N) is 1. The van der Waals surface area contributed by atoms with E-state index < -0.39 is 5.82 Å². The highest BCUT2D eigenvalue weighted by atomic mass is 19.1. The number of phenols is 1. The van der Waals surface area contributed by atoms with E-state index in [1.54, 1.807) is 25.3 Å². The van der Waals surface area contributed by atoms with E-state index in [9.17, 15) is 5.11 Å². The molecule has 9 heteroatoms. The molecular weight excluding hydrogens is 569 g/mol. The summed E-state index contributed by atoms with van der Waals surface area (Å²) in [5.41, 5.74) is 1.65. The lowest BCUT2D eigenvalue weighted by Gasteiger charge is -2.48. The Balaban J connectivity index is 1.19. The number of fused-ring (bicyclic) bond motifs is 4. The van der Waals surface area contributed by atoms with Crippen LogP contribution in [-0.2, 0) is 4.74 Å². The summed E-state index contributed by atoms with van der Waals surface area (Å²) in [6, 6.07) is 13.4. The Hall–Kier alpha value is -3.97. The lowest BCUT2D eigenvalue weighted by molar-refractivity contribution is -0.117. The Bertz CT molecular complexity index is 1850. The van der Waals surface area contributed by atoms with Gasteiger partial charge >= 0.3 is 6.01 Å². The predicted octanol–water partition coefficient (Wildman–Crippen LogP) is 5.10. The number of benzene rings is 3. The largest absolute Gasteiger partial charge is 0.508 e. The number of methoxy groups -OCH3 is 1. The van der Waals surface area contributed by atoms with Crippen molar-refractivity contribution >= 4 is 27.5 Å². The number of piperazine rings is 1. The highest BCUT2D eigenvalue weighted by Gasteiger charge is 2.49. The predicted molar refractivity (Wildman–Crippen MR) is 173 cm³/mol. The number of aromatic nitrogens is 2. The van der Waals surface area contributed by atoms with Crippen molar-refractivity contribution in [1.29, 1.82) is 0 Å². The van der Waals surface area contributed by atoms with E-state index in [-0.39, 0.29) is 28.3 Å². The van der Waals surface area contributed by atoms with Crippen molar-refractivity contribution in [3.05, 3.63) is 53.8 Å². The van der Waals surface area contributed by atoms with Crippen LogP contribution in [0.5, 0.6) is 11.8 Å².